The Kier molecular flexibility index (Phi) is 2.59. The fourth-order valence-electron chi connectivity index (χ4n) is 2.43. The van der Waals surface area contributed by atoms with Gasteiger partial charge in [-0.3, -0.25) is 0 Å². The summed E-state index contributed by atoms with van der Waals surface area (Å²) in [6.07, 6.45) is 4.47. The minimum atomic E-state index is 0.134. The van der Waals surface area contributed by atoms with Crippen LogP contribution < -0.4 is 5.73 Å². The van der Waals surface area contributed by atoms with Gasteiger partial charge in [0.05, 0.1) is 0 Å². The second-order valence-electron chi connectivity index (χ2n) is 5.48. The number of nitrogens with zero attached hydrogens (tertiary/aromatic N) is 2. The first-order valence-electron chi connectivity index (χ1n) is 5.80. The van der Waals surface area contributed by atoms with Gasteiger partial charge < -0.3 is 10.3 Å². The summed E-state index contributed by atoms with van der Waals surface area (Å²) in [6.45, 7) is 8.51. The maximum Gasteiger partial charge on any atom is 0.114 e. The Labute approximate surface area is 91.7 Å². The number of hydrogen-bond acceptors (Lipinski definition) is 2. The Balaban J connectivity index is 2.42. The first-order chi connectivity index (χ1) is 7.04. The van der Waals surface area contributed by atoms with Crippen LogP contribution in [0.2, 0.25) is 0 Å². The standard InChI is InChI=1S/C12H21N3/c1-12(2,3)11-14-8-10-9(7-13)5-4-6-15(10)11/h8-9H,4-7,13H2,1-3H3. The molecule has 0 spiro atoms. The van der Waals surface area contributed by atoms with Gasteiger partial charge in [0.25, 0.3) is 0 Å². The lowest BCUT2D eigenvalue weighted by Gasteiger charge is -2.27. The quantitative estimate of drug-likeness (QED) is 0.765. The maximum atomic E-state index is 5.80. The summed E-state index contributed by atoms with van der Waals surface area (Å²) in [5.74, 6) is 1.72. The van der Waals surface area contributed by atoms with Crippen LogP contribution in [-0.4, -0.2) is 16.1 Å². The van der Waals surface area contributed by atoms with Crippen LogP contribution in [0.3, 0.4) is 0 Å². The first-order valence-corrected chi connectivity index (χ1v) is 5.80. The van der Waals surface area contributed by atoms with Gasteiger partial charge in [-0.05, 0) is 12.8 Å². The summed E-state index contributed by atoms with van der Waals surface area (Å²) in [5.41, 5.74) is 7.27. The van der Waals surface area contributed by atoms with Gasteiger partial charge in [0.2, 0.25) is 0 Å². The molecule has 1 aliphatic heterocycles. The molecule has 1 aromatic heterocycles. The smallest absolute Gasteiger partial charge is 0.114 e. The van der Waals surface area contributed by atoms with Crippen LogP contribution in [0.15, 0.2) is 6.20 Å². The minimum absolute atomic E-state index is 0.134. The molecule has 2 heterocycles. The molecule has 0 radical (unpaired) electrons. The second-order valence-corrected chi connectivity index (χ2v) is 5.48. The molecule has 84 valence electrons. The van der Waals surface area contributed by atoms with Crippen molar-refractivity contribution in [3.63, 3.8) is 0 Å². The molecule has 0 bridgehead atoms. The first kappa shape index (κ1) is 10.7. The molecule has 15 heavy (non-hydrogen) atoms. The molecule has 2 rings (SSSR count). The molecule has 1 unspecified atom stereocenters. The molecule has 3 nitrogen and oxygen atoms in total. The summed E-state index contributed by atoms with van der Waals surface area (Å²) >= 11 is 0. The molecule has 2 N–H and O–H groups in total. The molecular weight excluding hydrogens is 186 g/mol. The molecule has 0 amide bonds. The van der Waals surface area contributed by atoms with Gasteiger partial charge >= 0.3 is 0 Å². The summed E-state index contributed by atoms with van der Waals surface area (Å²) in [4.78, 5) is 4.57. The van der Waals surface area contributed by atoms with Crippen LogP contribution in [0.4, 0.5) is 0 Å². The Hall–Kier alpha value is -0.830. The number of hydrogen-bond donors (Lipinski definition) is 1. The van der Waals surface area contributed by atoms with Gasteiger partial charge in [-0.25, -0.2) is 4.98 Å². The third-order valence-electron chi connectivity index (χ3n) is 3.19. The zero-order chi connectivity index (χ0) is 11.1. The Bertz CT molecular complexity index is 346. The average Bonchev–Trinajstić information content (AvgIpc) is 2.59. The van der Waals surface area contributed by atoms with E-state index in [4.69, 9.17) is 5.73 Å². The highest BCUT2D eigenvalue weighted by Gasteiger charge is 2.27. The van der Waals surface area contributed by atoms with E-state index in [2.05, 4.69) is 30.3 Å². The van der Waals surface area contributed by atoms with Gasteiger partial charge in [0.15, 0.2) is 0 Å². The van der Waals surface area contributed by atoms with Gasteiger partial charge in [-0.15, -0.1) is 0 Å². The highest BCUT2D eigenvalue weighted by Crippen LogP contribution is 2.31. The highest BCUT2D eigenvalue weighted by molar-refractivity contribution is 5.18. The monoisotopic (exact) mass is 207 g/mol. The molecular formula is C12H21N3. The molecule has 1 aliphatic rings. The third kappa shape index (κ3) is 1.81. The lowest BCUT2D eigenvalue weighted by atomic mass is 9.93. The molecule has 0 aromatic carbocycles. The van der Waals surface area contributed by atoms with Crippen molar-refractivity contribution in [1.29, 1.82) is 0 Å². The summed E-state index contributed by atoms with van der Waals surface area (Å²) in [5, 5.41) is 0. The fourth-order valence-corrected chi connectivity index (χ4v) is 2.43. The van der Waals surface area contributed by atoms with Crippen LogP contribution in [0, 0.1) is 0 Å². The van der Waals surface area contributed by atoms with Crippen LogP contribution in [0.25, 0.3) is 0 Å². The van der Waals surface area contributed by atoms with Gasteiger partial charge in [-0.2, -0.15) is 0 Å². The topological polar surface area (TPSA) is 43.8 Å². The van der Waals surface area contributed by atoms with E-state index in [1.165, 1.54) is 24.4 Å². The van der Waals surface area contributed by atoms with Crippen molar-refractivity contribution < 1.29 is 0 Å². The normalized spacial score (nSPS) is 21.5. The molecule has 3 heteroatoms. The third-order valence-corrected chi connectivity index (χ3v) is 3.19. The van der Waals surface area contributed by atoms with Crippen molar-refractivity contribution in [3.8, 4) is 0 Å². The maximum absolute atomic E-state index is 5.80. The molecule has 1 atom stereocenters. The average molecular weight is 207 g/mol. The number of fused-ring (bicyclic) bond motifs is 1. The number of rotatable bonds is 1. The Morgan fingerprint density at radius 2 is 2.27 bits per heavy atom. The van der Waals surface area contributed by atoms with E-state index in [0.717, 1.165) is 13.1 Å². The zero-order valence-corrected chi connectivity index (χ0v) is 9.95. The van der Waals surface area contributed by atoms with Crippen molar-refractivity contribution in [2.75, 3.05) is 6.54 Å². The lowest BCUT2D eigenvalue weighted by Crippen LogP contribution is -2.26. The number of nitrogens with two attached hydrogens (primary N) is 1. The van der Waals surface area contributed by atoms with Crippen LogP contribution in [0.5, 0.6) is 0 Å². The Morgan fingerprint density at radius 1 is 1.53 bits per heavy atom. The van der Waals surface area contributed by atoms with E-state index >= 15 is 0 Å². The molecule has 0 saturated heterocycles. The number of imidazole rings is 1. The predicted molar refractivity (Wildman–Crippen MR) is 62.0 cm³/mol. The van der Waals surface area contributed by atoms with E-state index < -0.39 is 0 Å². The van der Waals surface area contributed by atoms with Crippen molar-refractivity contribution in [3.05, 3.63) is 17.7 Å². The highest BCUT2D eigenvalue weighted by atomic mass is 15.1. The fraction of sp³-hybridized carbons (Fsp3) is 0.750. The van der Waals surface area contributed by atoms with Crippen molar-refractivity contribution >= 4 is 0 Å². The summed E-state index contributed by atoms with van der Waals surface area (Å²) in [6, 6.07) is 0. The van der Waals surface area contributed by atoms with Crippen molar-refractivity contribution in [2.24, 2.45) is 5.73 Å². The van der Waals surface area contributed by atoms with Gasteiger partial charge in [-0.1, -0.05) is 20.8 Å². The van der Waals surface area contributed by atoms with E-state index in [0.29, 0.717) is 5.92 Å². The van der Waals surface area contributed by atoms with E-state index in [1.54, 1.807) is 0 Å². The second kappa shape index (κ2) is 3.63. The van der Waals surface area contributed by atoms with Gasteiger partial charge in [0, 0.05) is 36.3 Å². The summed E-state index contributed by atoms with van der Waals surface area (Å²) < 4.78 is 2.38. The molecule has 0 saturated carbocycles. The predicted octanol–water partition coefficient (Wildman–Crippen LogP) is 2.02. The van der Waals surface area contributed by atoms with Crippen molar-refractivity contribution in [2.45, 2.75) is 51.5 Å². The molecule has 1 aromatic rings. The minimum Gasteiger partial charge on any atom is -0.331 e. The molecule has 0 fully saturated rings. The van der Waals surface area contributed by atoms with E-state index in [-0.39, 0.29) is 5.41 Å². The van der Waals surface area contributed by atoms with E-state index in [1.807, 2.05) is 6.20 Å². The lowest BCUT2D eigenvalue weighted by molar-refractivity contribution is 0.417. The summed E-state index contributed by atoms with van der Waals surface area (Å²) in [7, 11) is 0. The van der Waals surface area contributed by atoms with Crippen LogP contribution >= 0.6 is 0 Å². The SMILES string of the molecule is CC(C)(C)c1ncc2n1CCCC2CN. The number of aromatic nitrogens is 2. The molecule has 0 aliphatic carbocycles. The largest absolute Gasteiger partial charge is 0.331 e. The van der Waals surface area contributed by atoms with Gasteiger partial charge in [0.1, 0.15) is 5.82 Å². The van der Waals surface area contributed by atoms with Crippen molar-refractivity contribution in [1.82, 2.24) is 9.55 Å². The van der Waals surface area contributed by atoms with Crippen LogP contribution in [0.1, 0.15) is 51.0 Å². The van der Waals surface area contributed by atoms with E-state index in [9.17, 15) is 0 Å². The van der Waals surface area contributed by atoms with Crippen LogP contribution in [-0.2, 0) is 12.0 Å². The zero-order valence-electron chi connectivity index (χ0n) is 9.95. The Morgan fingerprint density at radius 3 is 2.87 bits per heavy atom.